The number of carboxylic acids is 1. The van der Waals surface area contributed by atoms with Gasteiger partial charge in [0, 0.05) is 43.1 Å². The van der Waals surface area contributed by atoms with E-state index in [0.29, 0.717) is 12.8 Å². The van der Waals surface area contributed by atoms with E-state index in [2.05, 4.69) is 43.5 Å². The van der Waals surface area contributed by atoms with Crippen LogP contribution >= 0.6 is 35.2 Å². The van der Waals surface area contributed by atoms with Crippen LogP contribution in [-0.4, -0.2) is 120 Å². The Labute approximate surface area is 396 Å². The van der Waals surface area contributed by atoms with E-state index in [-0.39, 0.29) is 60.2 Å². The van der Waals surface area contributed by atoms with Crippen LogP contribution in [0.1, 0.15) is 110 Å². The van der Waals surface area contributed by atoms with Gasteiger partial charge in [0.1, 0.15) is 36.3 Å². The Morgan fingerprint density at radius 3 is 2.15 bits per heavy atom. The number of hydrogen-bond acceptors (Lipinski definition) is 25. The van der Waals surface area contributed by atoms with Gasteiger partial charge in [0.15, 0.2) is 22.8 Å². The van der Waals surface area contributed by atoms with Gasteiger partial charge in [0.25, 0.3) is 15.6 Å². The molecule has 0 spiro atoms. The van der Waals surface area contributed by atoms with Crippen LogP contribution in [0.25, 0.3) is 11.2 Å². The molecule has 0 saturated carbocycles. The first-order chi connectivity index (χ1) is 31.8. The van der Waals surface area contributed by atoms with E-state index in [1.165, 1.54) is 13.8 Å². The minimum absolute atomic E-state index is 0.0249. The van der Waals surface area contributed by atoms with Crippen molar-refractivity contribution in [2.45, 2.75) is 140 Å². The van der Waals surface area contributed by atoms with Crippen LogP contribution in [0.3, 0.4) is 0 Å². The molecule has 0 aromatic carbocycles. The van der Waals surface area contributed by atoms with Crippen molar-refractivity contribution < 1.29 is 95.5 Å². The summed E-state index contributed by atoms with van der Waals surface area (Å²) >= 11 is 0.956. The number of nitrogens with zero attached hydrogens (tertiary/aromatic N) is 4. The molecule has 31 heteroatoms. The first kappa shape index (κ1) is 59.3. The highest BCUT2D eigenvalue weighted by molar-refractivity contribution is 8.13. The third-order valence-corrected chi connectivity index (χ3v) is 14.2. The molecule has 1 fully saturated rings. The Kier molecular flexibility index (Phi) is 24.5. The Morgan fingerprint density at radius 1 is 0.897 bits per heavy atom. The number of ether oxygens (including phenoxy) is 1. The fourth-order valence-corrected chi connectivity index (χ4v) is 10.2. The molecule has 68 heavy (non-hydrogen) atoms. The highest BCUT2D eigenvalue weighted by Gasteiger charge is 2.47. The smallest absolute Gasteiger partial charge is 0.274 e. The number of carboxylic acid groups (broad SMARTS) is 1. The van der Waals surface area contributed by atoms with Gasteiger partial charge in [-0.25, -0.2) is 19.3 Å². The number of anilines is 1. The summed E-state index contributed by atoms with van der Waals surface area (Å²) in [5.74, 6) is -2.41. The number of carbonyl (C=O) groups excluding carboxylic acids is 4. The lowest BCUT2D eigenvalue weighted by Gasteiger charge is -2.36. The number of phosphoric ester groups is 3. The maximum atomic E-state index is 12.6. The zero-order valence-corrected chi connectivity index (χ0v) is 41.0. The Hall–Kier alpha value is -3.01. The number of aliphatic hydroxyl groups is 3. The summed E-state index contributed by atoms with van der Waals surface area (Å²) in [6.07, 6.45) is 1.72. The first-order valence-electron chi connectivity index (χ1n) is 21.7. The van der Waals surface area contributed by atoms with Crippen molar-refractivity contribution in [1.29, 1.82) is 0 Å². The quantitative estimate of drug-likeness (QED) is 0.0337. The predicted octanol–water partition coefficient (Wildman–Crippen LogP) is -1.68. The molecular formula is C37H59N7O20P3S-5. The number of hydrogen-bond donors (Lipinski definition) is 6. The molecule has 0 bridgehead atoms. The molecule has 3 rings (SSSR count). The minimum Gasteiger partial charge on any atom is -0.790 e. The van der Waals surface area contributed by atoms with Crippen LogP contribution in [0.4, 0.5) is 5.82 Å². The number of unbranched alkanes of at least 4 members (excludes halogenated alkanes) is 9. The minimum atomic E-state index is -5.94. The van der Waals surface area contributed by atoms with Gasteiger partial charge in [-0.05, 0) is 19.3 Å². The van der Waals surface area contributed by atoms with Crippen LogP contribution in [0, 0.1) is 5.41 Å². The van der Waals surface area contributed by atoms with E-state index in [0.717, 1.165) is 86.8 Å². The Balaban J connectivity index is 1.31. The summed E-state index contributed by atoms with van der Waals surface area (Å²) in [7, 11) is -17.7. The van der Waals surface area contributed by atoms with Crippen molar-refractivity contribution in [2.24, 2.45) is 5.41 Å². The number of rotatable bonds is 34. The largest absolute Gasteiger partial charge is 0.790 e. The topological polar surface area (TPSA) is 435 Å². The number of nitrogens with one attached hydrogen (secondary N) is 2. The highest BCUT2D eigenvalue weighted by atomic mass is 32.2. The average Bonchev–Trinajstić information content (AvgIpc) is 3.80. The van der Waals surface area contributed by atoms with Crippen molar-refractivity contribution >= 4 is 75.1 Å². The van der Waals surface area contributed by atoms with Crippen LogP contribution in [-0.2, 0) is 55.5 Å². The van der Waals surface area contributed by atoms with Crippen LogP contribution in [0.5, 0.6) is 0 Å². The zero-order chi connectivity index (χ0) is 50.7. The molecule has 1 aliphatic heterocycles. The first-order valence-corrected chi connectivity index (χ1v) is 27.0. The van der Waals surface area contributed by atoms with Crippen molar-refractivity contribution in [3.8, 4) is 0 Å². The van der Waals surface area contributed by atoms with Gasteiger partial charge >= 0.3 is 0 Å². The van der Waals surface area contributed by atoms with Gasteiger partial charge in [-0.1, -0.05) is 83.4 Å². The lowest BCUT2D eigenvalue weighted by Crippen LogP contribution is -2.46. The van der Waals surface area contributed by atoms with Gasteiger partial charge < -0.3 is 84.0 Å². The summed E-state index contributed by atoms with van der Waals surface area (Å²) in [6.45, 7) is -0.0849. The summed E-state index contributed by atoms with van der Waals surface area (Å²) in [5.41, 5.74) is 4.03. The van der Waals surface area contributed by atoms with E-state index in [1.54, 1.807) is 0 Å². The maximum absolute atomic E-state index is 12.6. The van der Waals surface area contributed by atoms with Gasteiger partial charge in [-0.15, -0.1) is 0 Å². The van der Waals surface area contributed by atoms with E-state index in [1.807, 2.05) is 0 Å². The number of thioether (sulfide) groups is 1. The molecule has 8 atom stereocenters. The summed E-state index contributed by atoms with van der Waals surface area (Å²) < 4.78 is 60.7. The number of aliphatic hydroxyl groups excluding tert-OH is 3. The third-order valence-electron chi connectivity index (χ3n) is 10.3. The maximum Gasteiger partial charge on any atom is 0.274 e. The molecule has 0 radical (unpaired) electrons. The SMILES string of the molecule is CC(C)(COP(=O)([O-])OP(=O)([O-])OC[C@H]1O[C@@H](n2cnc3c(N)ncnc32)[C@H](O)[C@@H]1OP(=O)([O-])[O-])[C@@H](O)C(=O)NCCC(=O)NCCSC(=O)C[C@H](O)CCCCCCCCCCCCC(=O)[O-]. The molecule has 7 N–H and O–H groups in total. The van der Waals surface area contributed by atoms with Gasteiger partial charge in [0.05, 0.1) is 33.5 Å². The molecule has 3 heterocycles. The lowest BCUT2D eigenvalue weighted by atomic mass is 9.87. The number of aromatic nitrogens is 4. The number of nitrogens with two attached hydrogens (primary N) is 1. The molecule has 1 aliphatic rings. The second kappa shape index (κ2) is 28.1. The van der Waals surface area contributed by atoms with E-state index in [9.17, 15) is 72.9 Å². The van der Waals surface area contributed by atoms with Crippen molar-refractivity contribution in [2.75, 3.05) is 37.8 Å². The normalized spacial score (nSPS) is 20.4. The van der Waals surface area contributed by atoms with Crippen molar-refractivity contribution in [3.05, 3.63) is 12.7 Å². The second-order valence-corrected chi connectivity index (χ2v) is 21.7. The standard InChI is InChI=1S/C37H64N7O20P3S/c1-37(2,32(51)35(52)40-16-15-26(46)39-17-18-68-28(49)19-24(45)13-11-9-7-5-3-4-6-8-10-12-14-27(47)48)21-61-67(58,59)64-66(56,57)60-20-25-31(63-65(53,54)55)30(50)36(62-25)44-23-43-29-33(38)41-22-42-34(29)44/h22-25,30-32,36,45,50-51H,3-21H2,1-2H3,(H,39,46)(H,40,52)(H,47,48)(H,56,57)(H,58,59)(H2,38,41,42)(H2,53,54,55)/p-5/t24-,25-,30-,31-,32+,36-/m1/s1. The number of fused-ring (bicyclic) bond motifs is 1. The molecule has 1 saturated heterocycles. The molecule has 2 aromatic rings. The monoisotopic (exact) mass is 1050 g/mol. The van der Waals surface area contributed by atoms with Gasteiger partial charge in [-0.3, -0.25) is 28.1 Å². The highest BCUT2D eigenvalue weighted by Crippen LogP contribution is 2.56. The molecule has 2 amide bonds. The number of phosphoric acid groups is 3. The number of amides is 2. The molecule has 2 unspecified atom stereocenters. The van der Waals surface area contributed by atoms with Crippen molar-refractivity contribution in [1.82, 2.24) is 30.2 Å². The fourth-order valence-electron chi connectivity index (χ4n) is 6.69. The number of aliphatic carboxylic acids is 1. The Bertz CT molecular complexity index is 2100. The Morgan fingerprint density at radius 2 is 1.51 bits per heavy atom. The number of imidazole rings is 1. The van der Waals surface area contributed by atoms with Crippen molar-refractivity contribution in [3.63, 3.8) is 0 Å². The van der Waals surface area contributed by atoms with Gasteiger partial charge in [0.2, 0.25) is 11.8 Å². The van der Waals surface area contributed by atoms with Gasteiger partial charge in [-0.2, -0.15) is 0 Å². The lowest BCUT2D eigenvalue weighted by molar-refractivity contribution is -0.347. The molecule has 27 nitrogen and oxygen atoms in total. The second-order valence-electron chi connectivity index (χ2n) is 16.5. The number of nitrogen functional groups attached to an aromatic ring is 1. The van der Waals surface area contributed by atoms with E-state index in [4.69, 9.17) is 10.5 Å². The predicted molar refractivity (Wildman–Crippen MR) is 229 cm³/mol. The summed E-state index contributed by atoms with van der Waals surface area (Å²) in [5, 5.41) is 46.7. The fraction of sp³-hybridized carbons (Fsp3) is 0.757. The number of carbonyl (C=O) groups is 4. The molecule has 0 aliphatic carbocycles. The van der Waals surface area contributed by atoms with Crippen LogP contribution in [0.15, 0.2) is 12.7 Å². The average molecular weight is 1050 g/mol. The zero-order valence-electron chi connectivity index (χ0n) is 37.5. The molecular weight excluding hydrogens is 987 g/mol. The summed E-state index contributed by atoms with van der Waals surface area (Å²) in [4.78, 5) is 107. The molecule has 388 valence electrons. The van der Waals surface area contributed by atoms with Crippen LogP contribution in [0.2, 0.25) is 0 Å². The van der Waals surface area contributed by atoms with E-state index >= 15 is 0 Å². The summed E-state index contributed by atoms with van der Waals surface area (Å²) in [6, 6.07) is 0. The van der Waals surface area contributed by atoms with E-state index < -0.39 is 96.6 Å². The van der Waals surface area contributed by atoms with Crippen LogP contribution < -0.4 is 41.0 Å². The molecule has 2 aromatic heterocycles. The third kappa shape index (κ3) is 21.5.